The Bertz CT molecular complexity index is 563. The Morgan fingerprint density at radius 3 is 2.72 bits per heavy atom. The number of nitrogens with two attached hydrogens (primary N) is 1. The molecule has 1 heterocycles. The van der Waals surface area contributed by atoms with Crippen LogP contribution in [0, 0.1) is 0 Å². The molecule has 0 aliphatic rings. The third-order valence-corrected chi connectivity index (χ3v) is 2.44. The Morgan fingerprint density at radius 1 is 1.44 bits per heavy atom. The van der Waals surface area contributed by atoms with Gasteiger partial charge in [0.25, 0.3) is 0 Å². The van der Waals surface area contributed by atoms with Crippen molar-refractivity contribution >= 4 is 25.1 Å². The summed E-state index contributed by atoms with van der Waals surface area (Å²) in [5.41, 5.74) is 7.51. The van der Waals surface area contributed by atoms with Crippen LogP contribution in [0.15, 0.2) is 30.5 Å². The van der Waals surface area contributed by atoms with Crippen LogP contribution in [-0.4, -0.2) is 30.2 Å². The summed E-state index contributed by atoms with van der Waals surface area (Å²) in [6, 6.07) is 7.02. The summed E-state index contributed by atoms with van der Waals surface area (Å²) in [4.78, 5) is 11.6. The molecule has 0 bridgehead atoms. The lowest BCUT2D eigenvalue weighted by Gasteiger charge is -2.05. The minimum Gasteiger partial charge on any atom is -0.462 e. The second-order valence-electron chi connectivity index (χ2n) is 3.67. The number of hydrogen-bond acceptors (Lipinski definition) is 4. The van der Waals surface area contributed by atoms with Crippen LogP contribution in [0.25, 0.3) is 5.69 Å². The molecule has 0 aliphatic heterocycles. The minimum atomic E-state index is -0.475. The SMILES string of the molecule is [B]c1ccc(-n2ncc(C(=O)OCC)c2N)cc1. The van der Waals surface area contributed by atoms with Crippen LogP contribution < -0.4 is 11.2 Å². The van der Waals surface area contributed by atoms with Gasteiger partial charge in [0.2, 0.25) is 0 Å². The van der Waals surface area contributed by atoms with E-state index in [0.29, 0.717) is 12.1 Å². The van der Waals surface area contributed by atoms with E-state index >= 15 is 0 Å². The molecule has 18 heavy (non-hydrogen) atoms. The summed E-state index contributed by atoms with van der Waals surface area (Å²) in [6.45, 7) is 2.03. The molecule has 0 saturated heterocycles. The van der Waals surface area contributed by atoms with Crippen molar-refractivity contribution in [2.75, 3.05) is 12.3 Å². The predicted molar refractivity (Wildman–Crippen MR) is 69.3 cm³/mol. The van der Waals surface area contributed by atoms with Crippen molar-refractivity contribution in [2.24, 2.45) is 0 Å². The van der Waals surface area contributed by atoms with Crippen molar-refractivity contribution in [3.8, 4) is 5.69 Å². The first kappa shape index (κ1) is 12.2. The Balaban J connectivity index is 2.36. The van der Waals surface area contributed by atoms with E-state index in [-0.39, 0.29) is 11.4 Å². The molecule has 0 fully saturated rings. The standard InChI is InChI=1S/C12H12BN3O2/c1-2-18-12(17)10-7-15-16(11(10)14)9-5-3-8(13)4-6-9/h3-7H,2,14H2,1H3. The Kier molecular flexibility index (Phi) is 3.37. The normalized spacial score (nSPS) is 10.3. The van der Waals surface area contributed by atoms with Gasteiger partial charge >= 0.3 is 5.97 Å². The van der Waals surface area contributed by atoms with E-state index in [2.05, 4.69) is 5.10 Å². The summed E-state index contributed by atoms with van der Waals surface area (Å²) < 4.78 is 6.35. The third kappa shape index (κ3) is 2.22. The van der Waals surface area contributed by atoms with E-state index in [0.717, 1.165) is 5.69 Å². The van der Waals surface area contributed by atoms with Gasteiger partial charge in [-0.2, -0.15) is 5.10 Å². The van der Waals surface area contributed by atoms with E-state index in [9.17, 15) is 4.79 Å². The molecule has 6 heteroatoms. The summed E-state index contributed by atoms with van der Waals surface area (Å²) in [7, 11) is 5.60. The molecule has 90 valence electrons. The molecule has 2 radical (unpaired) electrons. The molecule has 0 spiro atoms. The van der Waals surface area contributed by atoms with Crippen molar-refractivity contribution in [1.82, 2.24) is 9.78 Å². The zero-order chi connectivity index (χ0) is 13.1. The average Bonchev–Trinajstić information content (AvgIpc) is 2.73. The van der Waals surface area contributed by atoms with Gasteiger partial charge < -0.3 is 10.5 Å². The predicted octanol–water partition coefficient (Wildman–Crippen LogP) is 0.425. The molecule has 0 saturated carbocycles. The number of ether oxygens (including phenoxy) is 1. The van der Waals surface area contributed by atoms with Crippen molar-refractivity contribution < 1.29 is 9.53 Å². The lowest BCUT2D eigenvalue weighted by atomic mass is 9.96. The number of esters is 1. The van der Waals surface area contributed by atoms with E-state index in [1.807, 2.05) is 0 Å². The summed E-state index contributed by atoms with van der Waals surface area (Å²) in [5, 5.41) is 4.07. The number of nitrogen functional groups attached to an aromatic ring is 1. The fourth-order valence-corrected chi connectivity index (χ4v) is 1.55. The highest BCUT2D eigenvalue weighted by Crippen LogP contribution is 2.17. The van der Waals surface area contributed by atoms with E-state index in [1.54, 1.807) is 31.2 Å². The number of aromatic nitrogens is 2. The highest BCUT2D eigenvalue weighted by atomic mass is 16.5. The summed E-state index contributed by atoms with van der Waals surface area (Å²) >= 11 is 0. The Labute approximate surface area is 106 Å². The Hall–Kier alpha value is -2.24. The minimum absolute atomic E-state index is 0.248. The molecule has 0 aliphatic carbocycles. The van der Waals surface area contributed by atoms with Gasteiger partial charge in [-0.25, -0.2) is 9.48 Å². The van der Waals surface area contributed by atoms with Gasteiger partial charge in [0.1, 0.15) is 19.2 Å². The molecule has 1 aromatic heterocycles. The van der Waals surface area contributed by atoms with E-state index < -0.39 is 5.97 Å². The number of carbonyl (C=O) groups excluding carboxylic acids is 1. The van der Waals surface area contributed by atoms with Gasteiger partial charge in [0, 0.05) is 0 Å². The maximum absolute atomic E-state index is 11.6. The zero-order valence-electron chi connectivity index (χ0n) is 9.96. The van der Waals surface area contributed by atoms with Gasteiger partial charge in [-0.15, -0.1) is 0 Å². The third-order valence-electron chi connectivity index (χ3n) is 2.44. The van der Waals surface area contributed by atoms with Gasteiger partial charge in [-0.3, -0.25) is 0 Å². The fourth-order valence-electron chi connectivity index (χ4n) is 1.55. The quantitative estimate of drug-likeness (QED) is 0.624. The monoisotopic (exact) mass is 241 g/mol. The zero-order valence-corrected chi connectivity index (χ0v) is 9.96. The molecule has 0 amide bonds. The molecule has 2 rings (SSSR count). The van der Waals surface area contributed by atoms with Gasteiger partial charge in [0.05, 0.1) is 18.5 Å². The molecular formula is C12H12BN3O2. The molecule has 2 aromatic rings. The summed E-state index contributed by atoms with van der Waals surface area (Å²) in [5.74, 6) is -0.227. The van der Waals surface area contributed by atoms with Crippen molar-refractivity contribution in [3.63, 3.8) is 0 Å². The molecule has 0 atom stereocenters. The highest BCUT2D eigenvalue weighted by molar-refractivity contribution is 6.32. The van der Waals surface area contributed by atoms with Crippen LogP contribution in [0.1, 0.15) is 17.3 Å². The molecule has 2 N–H and O–H groups in total. The molecule has 0 unspecified atom stereocenters. The van der Waals surface area contributed by atoms with Crippen LogP contribution in [0.5, 0.6) is 0 Å². The number of benzene rings is 1. The number of hydrogen-bond donors (Lipinski definition) is 1. The highest BCUT2D eigenvalue weighted by Gasteiger charge is 2.16. The number of anilines is 1. The van der Waals surface area contributed by atoms with Crippen molar-refractivity contribution in [3.05, 3.63) is 36.0 Å². The lowest BCUT2D eigenvalue weighted by Crippen LogP contribution is -2.09. The van der Waals surface area contributed by atoms with Gasteiger partial charge in [0.15, 0.2) is 0 Å². The number of rotatable bonds is 3. The lowest BCUT2D eigenvalue weighted by molar-refractivity contribution is 0.0527. The average molecular weight is 241 g/mol. The van der Waals surface area contributed by atoms with Crippen molar-refractivity contribution in [2.45, 2.75) is 6.92 Å². The van der Waals surface area contributed by atoms with Crippen LogP contribution >= 0.6 is 0 Å². The largest absolute Gasteiger partial charge is 0.462 e. The number of carbonyl (C=O) groups is 1. The van der Waals surface area contributed by atoms with Gasteiger partial charge in [-0.1, -0.05) is 17.6 Å². The Morgan fingerprint density at radius 2 is 2.11 bits per heavy atom. The molecule has 1 aromatic carbocycles. The van der Waals surface area contributed by atoms with Crippen LogP contribution in [0.2, 0.25) is 0 Å². The van der Waals surface area contributed by atoms with E-state index in [1.165, 1.54) is 10.9 Å². The van der Waals surface area contributed by atoms with Crippen LogP contribution in [0.3, 0.4) is 0 Å². The second kappa shape index (κ2) is 4.95. The summed E-state index contributed by atoms with van der Waals surface area (Å²) in [6.07, 6.45) is 1.39. The first-order valence-corrected chi connectivity index (χ1v) is 5.50. The smallest absolute Gasteiger partial charge is 0.343 e. The number of nitrogens with zero attached hydrogens (tertiary/aromatic N) is 2. The molecule has 5 nitrogen and oxygen atoms in total. The van der Waals surface area contributed by atoms with Crippen molar-refractivity contribution in [1.29, 1.82) is 0 Å². The van der Waals surface area contributed by atoms with E-state index in [4.69, 9.17) is 18.3 Å². The first-order valence-electron chi connectivity index (χ1n) is 5.50. The maximum atomic E-state index is 11.6. The van der Waals surface area contributed by atoms with Crippen LogP contribution in [0.4, 0.5) is 5.82 Å². The fraction of sp³-hybridized carbons (Fsp3) is 0.167. The van der Waals surface area contributed by atoms with Crippen LogP contribution in [-0.2, 0) is 4.74 Å². The molecular weight excluding hydrogens is 229 g/mol. The second-order valence-corrected chi connectivity index (χ2v) is 3.67. The topological polar surface area (TPSA) is 70.1 Å². The van der Waals surface area contributed by atoms with Gasteiger partial charge in [-0.05, 0) is 19.1 Å². The maximum Gasteiger partial charge on any atom is 0.343 e. The first-order chi connectivity index (χ1) is 8.63.